The quantitative estimate of drug-likeness (QED) is 0.461. The fourth-order valence-corrected chi connectivity index (χ4v) is 1.89. The van der Waals surface area contributed by atoms with Gasteiger partial charge in [0.05, 0.1) is 0 Å². The summed E-state index contributed by atoms with van der Waals surface area (Å²) in [5.74, 6) is -0.129. The van der Waals surface area contributed by atoms with E-state index in [1.165, 1.54) is 5.57 Å². The number of carbonyl (C=O) groups is 1. The van der Waals surface area contributed by atoms with Crippen LogP contribution < -0.4 is 0 Å². The van der Waals surface area contributed by atoms with Gasteiger partial charge in [-0.05, 0) is 39.0 Å². The van der Waals surface area contributed by atoms with Gasteiger partial charge in [0.1, 0.15) is 6.29 Å². The van der Waals surface area contributed by atoms with Crippen LogP contribution in [0.15, 0.2) is 36.5 Å². The molecule has 0 saturated carbocycles. The van der Waals surface area contributed by atoms with E-state index < -0.39 is 0 Å². The summed E-state index contributed by atoms with van der Waals surface area (Å²) in [5.41, 5.74) is 2.04. The van der Waals surface area contributed by atoms with Crippen LogP contribution in [-0.2, 0) is 4.79 Å². The Bertz CT molecular complexity index is 295. The number of hydrogen-bond donors (Lipinski definition) is 0. The van der Waals surface area contributed by atoms with Gasteiger partial charge < -0.3 is 4.79 Å². The Morgan fingerprint density at radius 2 is 1.94 bits per heavy atom. The summed E-state index contributed by atoms with van der Waals surface area (Å²) in [6.07, 6.45) is 6.98. The zero-order valence-corrected chi connectivity index (χ0v) is 11.0. The normalized spacial score (nSPS) is 15.8. The number of allylic oxidation sites excluding steroid dienone is 4. The molecule has 0 radical (unpaired) electrons. The lowest BCUT2D eigenvalue weighted by Crippen LogP contribution is -2.27. The molecule has 0 aromatic heterocycles. The monoisotopic (exact) mass is 220 g/mol. The Hall–Kier alpha value is -1.11. The summed E-state index contributed by atoms with van der Waals surface area (Å²) in [4.78, 5) is 11.1. The zero-order valence-electron chi connectivity index (χ0n) is 11.0. The smallest absolute Gasteiger partial charge is 0.127 e. The molecule has 0 fully saturated rings. The van der Waals surface area contributed by atoms with Crippen molar-refractivity contribution < 1.29 is 4.79 Å². The van der Waals surface area contributed by atoms with E-state index in [0.29, 0.717) is 0 Å². The summed E-state index contributed by atoms with van der Waals surface area (Å²) in [5, 5.41) is 0. The molecule has 0 rings (SSSR count). The minimum absolute atomic E-state index is 0.129. The van der Waals surface area contributed by atoms with Gasteiger partial charge in [0.2, 0.25) is 0 Å². The molecular formula is C15H24O. The Morgan fingerprint density at radius 3 is 2.25 bits per heavy atom. The topological polar surface area (TPSA) is 17.1 Å². The van der Waals surface area contributed by atoms with Crippen LogP contribution in [0.5, 0.6) is 0 Å². The lowest BCUT2D eigenvalue weighted by molar-refractivity contribution is -0.112. The summed E-state index contributed by atoms with van der Waals surface area (Å²) >= 11 is 0. The lowest BCUT2D eigenvalue weighted by Gasteiger charge is -2.31. The van der Waals surface area contributed by atoms with Crippen molar-refractivity contribution in [3.8, 4) is 0 Å². The van der Waals surface area contributed by atoms with Crippen molar-refractivity contribution in [2.45, 2.75) is 40.5 Å². The molecule has 0 aliphatic heterocycles. The number of carbonyl (C=O) groups excluding carboxylic acids is 1. The van der Waals surface area contributed by atoms with Crippen molar-refractivity contribution >= 4 is 6.29 Å². The van der Waals surface area contributed by atoms with Crippen molar-refractivity contribution in [2.24, 2.45) is 11.3 Å². The van der Waals surface area contributed by atoms with Gasteiger partial charge in [0, 0.05) is 5.92 Å². The number of rotatable bonds is 7. The zero-order chi connectivity index (χ0) is 12.8. The predicted octanol–water partition coefficient (Wildman–Crippen LogP) is 4.32. The van der Waals surface area contributed by atoms with Crippen LogP contribution >= 0.6 is 0 Å². The van der Waals surface area contributed by atoms with Gasteiger partial charge in [-0.2, -0.15) is 0 Å². The van der Waals surface area contributed by atoms with Crippen LogP contribution in [0, 0.1) is 11.3 Å². The SMILES string of the molecule is C=C[C@@](C)(CCC=C(C)C)[C@H](C=O)C(=C)C. The first kappa shape index (κ1) is 14.9. The minimum atomic E-state index is -0.181. The maximum atomic E-state index is 11.1. The molecule has 90 valence electrons. The summed E-state index contributed by atoms with van der Waals surface area (Å²) in [7, 11) is 0. The Labute approximate surface area is 99.9 Å². The largest absolute Gasteiger partial charge is 0.303 e. The van der Waals surface area contributed by atoms with Gasteiger partial charge in [0.15, 0.2) is 0 Å². The molecule has 0 aliphatic carbocycles. The van der Waals surface area contributed by atoms with E-state index in [0.717, 1.165) is 24.7 Å². The average molecular weight is 220 g/mol. The van der Waals surface area contributed by atoms with Crippen LogP contribution in [0.2, 0.25) is 0 Å². The molecule has 0 heterocycles. The van der Waals surface area contributed by atoms with E-state index in [2.05, 4.69) is 40.0 Å². The summed E-state index contributed by atoms with van der Waals surface area (Å²) in [6.45, 7) is 15.9. The minimum Gasteiger partial charge on any atom is -0.303 e. The Kier molecular flexibility index (Phi) is 6.02. The first-order valence-corrected chi connectivity index (χ1v) is 5.75. The van der Waals surface area contributed by atoms with Crippen LogP contribution in [0.1, 0.15) is 40.5 Å². The number of hydrogen-bond acceptors (Lipinski definition) is 1. The maximum Gasteiger partial charge on any atom is 0.127 e. The van der Waals surface area contributed by atoms with Crippen molar-refractivity contribution in [1.29, 1.82) is 0 Å². The molecular weight excluding hydrogens is 196 g/mol. The molecule has 16 heavy (non-hydrogen) atoms. The molecule has 0 unspecified atom stereocenters. The summed E-state index contributed by atoms with van der Waals surface area (Å²) < 4.78 is 0. The van der Waals surface area contributed by atoms with Gasteiger partial charge in [-0.1, -0.05) is 36.8 Å². The predicted molar refractivity (Wildman–Crippen MR) is 71.3 cm³/mol. The van der Waals surface area contributed by atoms with Gasteiger partial charge >= 0.3 is 0 Å². The highest BCUT2D eigenvalue weighted by Gasteiger charge is 2.30. The van der Waals surface area contributed by atoms with Gasteiger partial charge in [-0.3, -0.25) is 0 Å². The molecule has 0 spiro atoms. The molecule has 1 heteroatoms. The van der Waals surface area contributed by atoms with E-state index in [4.69, 9.17) is 0 Å². The van der Waals surface area contributed by atoms with E-state index in [1.807, 2.05) is 13.0 Å². The molecule has 0 N–H and O–H groups in total. The highest BCUT2D eigenvalue weighted by molar-refractivity contribution is 5.60. The van der Waals surface area contributed by atoms with E-state index >= 15 is 0 Å². The third-order valence-corrected chi connectivity index (χ3v) is 3.08. The van der Waals surface area contributed by atoms with Crippen LogP contribution in [0.4, 0.5) is 0 Å². The third kappa shape index (κ3) is 4.18. The molecule has 0 bridgehead atoms. The van der Waals surface area contributed by atoms with Crippen molar-refractivity contribution in [1.82, 2.24) is 0 Å². The van der Waals surface area contributed by atoms with Crippen molar-refractivity contribution in [2.75, 3.05) is 0 Å². The lowest BCUT2D eigenvalue weighted by atomic mass is 9.71. The molecule has 1 nitrogen and oxygen atoms in total. The van der Waals surface area contributed by atoms with E-state index in [9.17, 15) is 4.79 Å². The van der Waals surface area contributed by atoms with Crippen LogP contribution in [0.25, 0.3) is 0 Å². The van der Waals surface area contributed by atoms with Crippen molar-refractivity contribution in [3.05, 3.63) is 36.5 Å². The Morgan fingerprint density at radius 1 is 1.38 bits per heavy atom. The maximum absolute atomic E-state index is 11.1. The van der Waals surface area contributed by atoms with E-state index in [1.54, 1.807) is 0 Å². The second-order valence-electron chi connectivity index (χ2n) is 4.99. The molecule has 0 aromatic rings. The standard InChI is InChI=1S/C15H24O/c1-7-15(6,10-8-9-12(2)3)14(11-16)13(4)5/h7,9,11,14H,1,4,8,10H2,2-3,5-6H3/t14-,15+/m1/s1. The van der Waals surface area contributed by atoms with Crippen LogP contribution in [-0.4, -0.2) is 6.29 Å². The fraction of sp³-hybridized carbons (Fsp3) is 0.533. The third-order valence-electron chi connectivity index (χ3n) is 3.08. The first-order valence-electron chi connectivity index (χ1n) is 5.75. The molecule has 2 atom stereocenters. The molecule has 0 aliphatic rings. The summed E-state index contributed by atoms with van der Waals surface area (Å²) in [6, 6.07) is 0. The second kappa shape index (κ2) is 6.47. The second-order valence-corrected chi connectivity index (χ2v) is 4.99. The number of aldehydes is 1. The average Bonchev–Trinajstić information content (AvgIpc) is 2.17. The molecule has 0 amide bonds. The molecule has 0 saturated heterocycles. The molecule has 0 aromatic carbocycles. The van der Waals surface area contributed by atoms with Crippen LogP contribution in [0.3, 0.4) is 0 Å². The highest BCUT2D eigenvalue weighted by atomic mass is 16.1. The highest BCUT2D eigenvalue weighted by Crippen LogP contribution is 2.36. The van der Waals surface area contributed by atoms with Gasteiger partial charge in [0.25, 0.3) is 0 Å². The van der Waals surface area contributed by atoms with Crippen molar-refractivity contribution in [3.63, 3.8) is 0 Å². The van der Waals surface area contributed by atoms with Gasteiger partial charge in [-0.25, -0.2) is 0 Å². The first-order chi connectivity index (χ1) is 7.37. The van der Waals surface area contributed by atoms with Gasteiger partial charge in [-0.15, -0.1) is 6.58 Å². The fourth-order valence-electron chi connectivity index (χ4n) is 1.89. The van der Waals surface area contributed by atoms with E-state index in [-0.39, 0.29) is 11.3 Å². The Balaban J connectivity index is 4.75.